The van der Waals surface area contributed by atoms with Crippen LogP contribution in [0.25, 0.3) is 0 Å². The van der Waals surface area contributed by atoms with Gasteiger partial charge in [-0.15, -0.1) is 0 Å². The fraction of sp³-hybridized carbons (Fsp3) is 0.238. The molecule has 0 amide bonds. The van der Waals surface area contributed by atoms with Gasteiger partial charge in [0.05, 0.1) is 23.3 Å². The van der Waals surface area contributed by atoms with E-state index < -0.39 is 17.0 Å². The van der Waals surface area contributed by atoms with E-state index in [0.717, 1.165) is 17.1 Å². The van der Waals surface area contributed by atoms with E-state index in [4.69, 9.17) is 9.15 Å². The lowest BCUT2D eigenvalue weighted by Gasteiger charge is -2.13. The lowest BCUT2D eigenvalue weighted by molar-refractivity contribution is -0.384. The van der Waals surface area contributed by atoms with Crippen molar-refractivity contribution in [2.45, 2.75) is 33.4 Å². The van der Waals surface area contributed by atoms with Crippen LogP contribution in [0.15, 0.2) is 53.1 Å². The predicted molar refractivity (Wildman–Crippen MR) is 104 cm³/mol. The zero-order valence-corrected chi connectivity index (χ0v) is 16.2. The molecule has 2 aromatic heterocycles. The monoisotopic (exact) mass is 396 g/mol. The van der Waals surface area contributed by atoms with Crippen LogP contribution >= 0.6 is 0 Å². The molecular formula is C21H20N2O6. The van der Waals surface area contributed by atoms with Crippen molar-refractivity contribution in [1.82, 2.24) is 4.57 Å². The highest BCUT2D eigenvalue weighted by molar-refractivity contribution is 6.02. The van der Waals surface area contributed by atoms with Gasteiger partial charge in [-0.25, -0.2) is 4.79 Å². The van der Waals surface area contributed by atoms with Crippen LogP contribution in [0.1, 0.15) is 44.8 Å². The number of furan rings is 1. The molecular weight excluding hydrogens is 376 g/mol. The van der Waals surface area contributed by atoms with Crippen molar-refractivity contribution >= 4 is 17.4 Å². The summed E-state index contributed by atoms with van der Waals surface area (Å²) in [4.78, 5) is 35.3. The molecule has 0 aliphatic heterocycles. The van der Waals surface area contributed by atoms with E-state index in [9.17, 15) is 19.7 Å². The molecule has 8 heteroatoms. The standard InChI is InChI=1S/C21H20N2O6/c1-13-11-19(14(2)22(13)12-18-5-4-10-28-18)20(24)15(3)29-21(25)16-6-8-17(9-7-16)23(26)27/h4-11,15H,12H2,1-3H3/t15-/m0/s1. The molecule has 0 aliphatic carbocycles. The third-order valence-corrected chi connectivity index (χ3v) is 4.70. The van der Waals surface area contributed by atoms with Crippen molar-refractivity contribution < 1.29 is 23.7 Å². The molecule has 0 N–H and O–H groups in total. The second-order valence-corrected chi connectivity index (χ2v) is 6.67. The summed E-state index contributed by atoms with van der Waals surface area (Å²) in [5, 5.41) is 10.7. The Labute approximate surface area is 166 Å². The third-order valence-electron chi connectivity index (χ3n) is 4.70. The first-order valence-corrected chi connectivity index (χ1v) is 8.96. The number of hydrogen-bond acceptors (Lipinski definition) is 6. The van der Waals surface area contributed by atoms with Crippen LogP contribution in [0.2, 0.25) is 0 Å². The Morgan fingerprint density at radius 3 is 2.48 bits per heavy atom. The molecule has 0 fully saturated rings. The van der Waals surface area contributed by atoms with Crippen molar-refractivity contribution in [2.75, 3.05) is 0 Å². The topological polar surface area (TPSA) is 105 Å². The summed E-state index contributed by atoms with van der Waals surface area (Å²) < 4.78 is 12.6. The number of benzene rings is 1. The van der Waals surface area contributed by atoms with Crippen LogP contribution < -0.4 is 0 Å². The number of aryl methyl sites for hydroxylation is 1. The normalized spacial score (nSPS) is 11.8. The quantitative estimate of drug-likeness (QED) is 0.258. The van der Waals surface area contributed by atoms with E-state index in [1.807, 2.05) is 24.5 Å². The maximum absolute atomic E-state index is 12.8. The molecule has 150 valence electrons. The van der Waals surface area contributed by atoms with E-state index >= 15 is 0 Å². The van der Waals surface area contributed by atoms with Crippen LogP contribution in [0.4, 0.5) is 5.69 Å². The Morgan fingerprint density at radius 1 is 1.21 bits per heavy atom. The number of carbonyl (C=O) groups excluding carboxylic acids is 2. The first kappa shape index (κ1) is 20.1. The number of nitrogens with zero attached hydrogens (tertiary/aromatic N) is 2. The zero-order chi connectivity index (χ0) is 21.1. The Morgan fingerprint density at radius 2 is 1.90 bits per heavy atom. The molecule has 0 unspecified atom stereocenters. The number of non-ortho nitro benzene ring substituents is 1. The number of esters is 1. The predicted octanol–water partition coefficient (Wildman–Crippen LogP) is 4.08. The summed E-state index contributed by atoms with van der Waals surface area (Å²) >= 11 is 0. The molecule has 0 bridgehead atoms. The zero-order valence-electron chi connectivity index (χ0n) is 16.2. The summed E-state index contributed by atoms with van der Waals surface area (Å²) in [6.07, 6.45) is 0.588. The number of ketones is 1. The summed E-state index contributed by atoms with van der Waals surface area (Å²) in [5.41, 5.74) is 2.12. The molecule has 0 spiro atoms. The molecule has 1 atom stereocenters. The van der Waals surface area contributed by atoms with E-state index in [-0.39, 0.29) is 17.0 Å². The Balaban J connectivity index is 1.73. The summed E-state index contributed by atoms with van der Waals surface area (Å²) in [6, 6.07) is 10.4. The van der Waals surface area contributed by atoms with Crippen LogP contribution in [0.3, 0.4) is 0 Å². The first-order chi connectivity index (χ1) is 13.8. The first-order valence-electron chi connectivity index (χ1n) is 8.96. The van der Waals surface area contributed by atoms with E-state index in [1.165, 1.54) is 31.2 Å². The highest BCUT2D eigenvalue weighted by atomic mass is 16.6. The van der Waals surface area contributed by atoms with Crippen molar-refractivity contribution in [3.8, 4) is 0 Å². The van der Waals surface area contributed by atoms with Crippen LogP contribution in [-0.2, 0) is 11.3 Å². The largest absolute Gasteiger partial charge is 0.467 e. The molecule has 3 aromatic rings. The number of nitro groups is 1. The molecule has 0 saturated carbocycles. The number of hydrogen-bond donors (Lipinski definition) is 0. The number of rotatable bonds is 7. The van der Waals surface area contributed by atoms with Gasteiger partial charge in [0, 0.05) is 29.1 Å². The maximum atomic E-state index is 12.8. The number of carbonyl (C=O) groups is 2. The third kappa shape index (κ3) is 4.26. The lowest BCUT2D eigenvalue weighted by atomic mass is 10.1. The Hall–Kier alpha value is -3.68. The minimum atomic E-state index is -1.00. The second kappa shape index (κ2) is 8.14. The van der Waals surface area contributed by atoms with Gasteiger partial charge in [-0.1, -0.05) is 0 Å². The second-order valence-electron chi connectivity index (χ2n) is 6.67. The van der Waals surface area contributed by atoms with Crippen LogP contribution in [0, 0.1) is 24.0 Å². The SMILES string of the molecule is Cc1cc(C(=O)[C@H](C)OC(=O)c2ccc([N+](=O)[O-])cc2)c(C)n1Cc1ccco1. The van der Waals surface area contributed by atoms with Crippen molar-refractivity contribution in [3.05, 3.63) is 87.1 Å². The van der Waals surface area contributed by atoms with E-state index in [0.29, 0.717) is 12.1 Å². The highest BCUT2D eigenvalue weighted by Gasteiger charge is 2.25. The van der Waals surface area contributed by atoms with Crippen LogP contribution in [0.5, 0.6) is 0 Å². The molecule has 0 aliphatic rings. The smallest absolute Gasteiger partial charge is 0.338 e. The van der Waals surface area contributed by atoms with Gasteiger partial charge in [0.1, 0.15) is 5.76 Å². The van der Waals surface area contributed by atoms with Crippen molar-refractivity contribution in [1.29, 1.82) is 0 Å². The number of nitro benzene ring substituents is 1. The number of Topliss-reactive ketones (excluding diaryl/α,β-unsaturated/α-hetero) is 1. The molecule has 2 heterocycles. The van der Waals surface area contributed by atoms with E-state index in [1.54, 1.807) is 18.4 Å². The van der Waals surface area contributed by atoms with Crippen molar-refractivity contribution in [2.24, 2.45) is 0 Å². The van der Waals surface area contributed by atoms with Crippen LogP contribution in [-0.4, -0.2) is 27.3 Å². The fourth-order valence-electron chi connectivity index (χ4n) is 3.07. The minimum absolute atomic E-state index is 0.130. The van der Waals surface area contributed by atoms with Gasteiger partial charge in [0.25, 0.3) is 5.69 Å². The molecule has 8 nitrogen and oxygen atoms in total. The molecule has 1 aromatic carbocycles. The van der Waals surface area contributed by atoms with Gasteiger partial charge in [-0.05, 0) is 51.1 Å². The molecule has 0 saturated heterocycles. The Kier molecular flexibility index (Phi) is 5.63. The highest BCUT2D eigenvalue weighted by Crippen LogP contribution is 2.20. The Bertz CT molecular complexity index is 1050. The van der Waals surface area contributed by atoms with Gasteiger partial charge in [0.15, 0.2) is 6.10 Å². The number of ether oxygens (including phenoxy) is 1. The molecule has 3 rings (SSSR count). The van der Waals surface area contributed by atoms with Gasteiger partial charge in [-0.3, -0.25) is 14.9 Å². The van der Waals surface area contributed by atoms with Gasteiger partial charge < -0.3 is 13.7 Å². The summed E-state index contributed by atoms with van der Waals surface area (Å²) in [6.45, 7) is 5.72. The molecule has 0 radical (unpaired) electrons. The summed E-state index contributed by atoms with van der Waals surface area (Å²) in [7, 11) is 0. The lowest BCUT2D eigenvalue weighted by Crippen LogP contribution is -2.25. The minimum Gasteiger partial charge on any atom is -0.467 e. The van der Waals surface area contributed by atoms with Gasteiger partial charge >= 0.3 is 5.97 Å². The van der Waals surface area contributed by atoms with Gasteiger partial charge in [-0.2, -0.15) is 0 Å². The summed E-state index contributed by atoms with van der Waals surface area (Å²) in [5.74, 6) is -0.271. The van der Waals surface area contributed by atoms with Gasteiger partial charge in [0.2, 0.25) is 5.78 Å². The maximum Gasteiger partial charge on any atom is 0.338 e. The van der Waals surface area contributed by atoms with E-state index in [2.05, 4.69) is 0 Å². The fourth-order valence-corrected chi connectivity index (χ4v) is 3.07. The molecule has 29 heavy (non-hydrogen) atoms. The average Bonchev–Trinajstić information content (AvgIpc) is 3.31. The van der Waals surface area contributed by atoms with Crippen molar-refractivity contribution in [3.63, 3.8) is 0 Å². The number of aromatic nitrogens is 1. The average molecular weight is 396 g/mol.